The lowest BCUT2D eigenvalue weighted by Crippen LogP contribution is -2.61. The molecule has 12 atom stereocenters. The third-order valence-electron chi connectivity index (χ3n) is 21.7. The van der Waals surface area contributed by atoms with Crippen molar-refractivity contribution in [2.75, 3.05) is 63.8 Å². The number of alkyl carbamates (subject to hydrolysis) is 4. The van der Waals surface area contributed by atoms with E-state index >= 15 is 28.4 Å². The number of nitrogens with one attached hydrogen (secondary N) is 17. The summed E-state index contributed by atoms with van der Waals surface area (Å²) >= 11 is 0. The number of amides is 18. The van der Waals surface area contributed by atoms with E-state index in [2.05, 4.69) is 95.0 Å². The van der Waals surface area contributed by atoms with Crippen LogP contribution in [0.3, 0.4) is 0 Å². The second-order valence-corrected chi connectivity index (χ2v) is 40.6. The van der Waals surface area contributed by atoms with Crippen molar-refractivity contribution in [2.24, 2.45) is 5.92 Å². The Kier molecular flexibility index (Phi) is 46.6. The molecule has 1 fully saturated rings. The van der Waals surface area contributed by atoms with E-state index in [9.17, 15) is 77.3 Å². The number of likely N-dealkylation sites (N-methyl/N-ethyl adjacent to an activating group) is 1. The van der Waals surface area contributed by atoms with Crippen LogP contribution >= 0.6 is 0 Å². The fourth-order valence-electron chi connectivity index (χ4n) is 14.8. The van der Waals surface area contributed by atoms with Gasteiger partial charge in [0.25, 0.3) is 17.7 Å². The lowest BCUT2D eigenvalue weighted by atomic mass is 10.00. The molecule has 3 heterocycles. The van der Waals surface area contributed by atoms with E-state index in [0.717, 1.165) is 45.1 Å². The molecule has 0 spiro atoms. The number of aliphatic hydroxyl groups excluding tert-OH is 2. The van der Waals surface area contributed by atoms with E-state index in [1.807, 2.05) is 13.8 Å². The fraction of sp³-hybridized carbons (Fsp3) is 0.622. The number of halogens is 1. The van der Waals surface area contributed by atoms with Gasteiger partial charge in [-0.1, -0.05) is 58.0 Å². The first-order chi connectivity index (χ1) is 67.0. The highest BCUT2D eigenvalue weighted by atomic mass is 19.1. The number of benzene rings is 2. The Hall–Kier alpha value is -13.4. The monoisotopic (exact) mass is 2030 g/mol. The van der Waals surface area contributed by atoms with E-state index in [4.69, 9.17) is 23.7 Å². The Morgan fingerprint density at radius 3 is 1.47 bits per heavy atom. The summed E-state index contributed by atoms with van der Waals surface area (Å²) in [5, 5.41) is 63.2. The molecule has 0 unspecified atom stereocenters. The molecule has 2 aliphatic rings. The van der Waals surface area contributed by atoms with E-state index < -0.39 is 309 Å². The standard InChI is InChI=1S/C98H150FN19O26/c1-24-117(25-2)48-47-101-85(131)75-54(5)68(106-55(75)6)52-61-60-51-59(99)31-33-71(60)118(88(61)134)89(135)67(32-36-74(123)140-94(9,10)11)107-72(121)34-35-73(122)115-77(57(8)120)87(133)112-65(40-45-104-92(138)143-97(18,19)20)80(126)108-62-37-42-100-86(132)76(56(7)119)116-82(128)66(41-46-105-93(139)144-98(21,22)23)110-79(125)63(38-43-102-90(136)141-95(12,13)14)111-83(129)69(49-53(3)4)113-84(130)70(50-58-29-27-26-28-30-58)114-81(127)64(109-78(62)124)39-44-103-91(137)142-96(15,16)17/h26-31,33,51-53,56-57,62-67,69-70,76-77,106,119-120H,24-25,32,34-50H2,1-23H3,(H,100,132)(H,101,131)(H,102,136)(H,103,137)(H,104,138)(H,105,139)(H,107,121)(H,108,126)(H,109,124)(H,110,125)(H,111,129)(H,112,133)(H,113,130)(H,114,127)(H,115,122)(H,116,128)/b61-52-/t56-,57-,62+,63-,64-,65-,66-,67-,69-,70-,76+,77-/m0/s1. The highest BCUT2D eigenvalue weighted by molar-refractivity contribution is 6.42. The van der Waals surface area contributed by atoms with Gasteiger partial charge in [0.1, 0.15) is 94.2 Å². The largest absolute Gasteiger partial charge is 0.460 e. The molecular weight excluding hydrogens is 1880 g/mol. The molecule has 2 aliphatic heterocycles. The second kappa shape index (κ2) is 55.5. The van der Waals surface area contributed by atoms with Crippen molar-refractivity contribution >= 4 is 130 Å². The number of nitrogens with zero attached hydrogens (tertiary/aromatic N) is 2. The van der Waals surface area contributed by atoms with Crippen LogP contribution in [0, 0.1) is 25.6 Å². The van der Waals surface area contributed by atoms with Gasteiger partial charge in [-0.2, -0.15) is 0 Å². The van der Waals surface area contributed by atoms with Gasteiger partial charge in [0.05, 0.1) is 29.0 Å². The van der Waals surface area contributed by atoms with Gasteiger partial charge in [-0.3, -0.25) is 71.9 Å². The zero-order chi connectivity index (χ0) is 108. The number of hydrogen-bond donors (Lipinski definition) is 19. The summed E-state index contributed by atoms with van der Waals surface area (Å²) in [6.07, 6.45) is -12.2. The van der Waals surface area contributed by atoms with Crippen LogP contribution in [0.25, 0.3) is 11.6 Å². The molecule has 0 radical (unpaired) electrons. The van der Waals surface area contributed by atoms with Gasteiger partial charge in [-0.15, -0.1) is 0 Å². The minimum Gasteiger partial charge on any atom is -0.460 e. The Morgan fingerprint density at radius 2 is 0.986 bits per heavy atom. The zero-order valence-electron chi connectivity index (χ0n) is 86.8. The number of imide groups is 1. The van der Waals surface area contributed by atoms with E-state index in [-0.39, 0.29) is 47.5 Å². The van der Waals surface area contributed by atoms with Crippen molar-refractivity contribution < 1.29 is 129 Å². The van der Waals surface area contributed by atoms with Gasteiger partial charge in [0.2, 0.25) is 65.0 Å². The first kappa shape index (κ1) is 121. The molecular formula is C98H150FN19O26. The number of aryl methyl sites for hydroxylation is 1. The number of rotatable bonds is 38. The summed E-state index contributed by atoms with van der Waals surface area (Å²) in [6.45, 7) is 36.3. The van der Waals surface area contributed by atoms with Crippen molar-refractivity contribution in [3.8, 4) is 0 Å². The summed E-state index contributed by atoms with van der Waals surface area (Å²) in [6, 6.07) is -7.02. The predicted octanol–water partition coefficient (Wildman–Crippen LogP) is 3.24. The second-order valence-electron chi connectivity index (χ2n) is 40.6. The molecule has 19 N–H and O–H groups in total. The van der Waals surface area contributed by atoms with Gasteiger partial charge in [0.15, 0.2) is 0 Å². The van der Waals surface area contributed by atoms with E-state index in [1.165, 1.54) is 6.08 Å². The van der Waals surface area contributed by atoms with Crippen LogP contribution in [0.1, 0.15) is 248 Å². The number of fused-ring (bicyclic) bond motifs is 1. The van der Waals surface area contributed by atoms with Crippen LogP contribution in [0.5, 0.6) is 0 Å². The van der Waals surface area contributed by atoms with Gasteiger partial charge in [0, 0.05) is 88.4 Å². The molecule has 45 nitrogen and oxygen atoms in total. The minimum atomic E-state index is -2.04. The number of carbonyl (C=O) groups is 19. The molecule has 0 bridgehead atoms. The molecule has 3 aromatic rings. The number of H-pyrrole nitrogens is 1. The molecule has 0 saturated carbocycles. The van der Waals surface area contributed by atoms with Crippen molar-refractivity contribution in [3.05, 3.63) is 88.0 Å². The topological polar surface area (TPSA) is 626 Å². The summed E-state index contributed by atoms with van der Waals surface area (Å²) in [7, 11) is 0. The van der Waals surface area contributed by atoms with Crippen molar-refractivity contribution in [2.45, 2.75) is 331 Å². The summed E-state index contributed by atoms with van der Waals surface area (Å²) in [4.78, 5) is 280. The number of aromatic nitrogens is 1. The SMILES string of the molecule is CCN(CC)CCNC(=O)c1c(C)[nH]c(/C=C2\C(=O)N(C(=O)[C@H](CCC(=O)OC(C)(C)C)NC(=O)CCC(=O)N[C@H](C(=O)N[C@@H](CCNC(=O)OC(C)(C)C)C(=O)N[C@@H]3CCNC(=O)[C@@H]([C@H](C)O)NC(=O)[C@H](CCNC(=O)OC(C)(C)C)NC(=O)[C@H](CCNC(=O)OC(C)(C)C)NC(=O)[C@H](CC(C)C)NC(=O)[C@H](Cc4ccccc4)NC(=O)[C@H](CCNC(=O)OC(C)(C)C)NC3=O)[C@H](C)O)c3ccc(F)cc32)c1C. The highest BCUT2D eigenvalue weighted by Crippen LogP contribution is 2.40. The Balaban J connectivity index is 1.60. The van der Waals surface area contributed by atoms with E-state index in [0.29, 0.717) is 34.8 Å². The van der Waals surface area contributed by atoms with Gasteiger partial charge >= 0.3 is 30.3 Å². The molecule has 800 valence electrons. The summed E-state index contributed by atoms with van der Waals surface area (Å²) in [5.41, 5.74) is -3.78. The molecule has 5 rings (SSSR count). The molecule has 1 saturated heterocycles. The minimum absolute atomic E-state index is 0.0565. The van der Waals surface area contributed by atoms with Crippen LogP contribution in [-0.2, 0) is 97.2 Å². The first-order valence-corrected chi connectivity index (χ1v) is 48.3. The predicted molar refractivity (Wildman–Crippen MR) is 527 cm³/mol. The Bertz CT molecular complexity index is 5040. The van der Waals surface area contributed by atoms with Crippen LogP contribution in [0.2, 0.25) is 0 Å². The quantitative estimate of drug-likeness (QED) is 0.0222. The maximum atomic E-state index is 15.5. The molecule has 144 heavy (non-hydrogen) atoms. The molecule has 46 heteroatoms. The van der Waals surface area contributed by atoms with Crippen molar-refractivity contribution in [1.82, 2.24) is 95.0 Å². The van der Waals surface area contributed by atoms with Crippen LogP contribution in [0.4, 0.5) is 29.3 Å². The number of esters is 1. The number of aliphatic hydroxyl groups is 2. The number of ether oxygens (including phenoxy) is 5. The lowest BCUT2D eigenvalue weighted by Gasteiger charge is -2.29. The Morgan fingerprint density at radius 1 is 0.521 bits per heavy atom. The van der Waals surface area contributed by atoms with Crippen molar-refractivity contribution in [3.63, 3.8) is 0 Å². The van der Waals surface area contributed by atoms with Crippen LogP contribution in [-0.4, -0.2) is 293 Å². The van der Waals surface area contributed by atoms with Gasteiger partial charge in [-0.25, -0.2) is 28.5 Å². The van der Waals surface area contributed by atoms with Crippen LogP contribution < -0.4 is 90.0 Å². The zero-order valence-corrected chi connectivity index (χ0v) is 86.8. The normalized spacial score (nSPS) is 19.1. The molecule has 2 aromatic carbocycles. The third-order valence-corrected chi connectivity index (χ3v) is 21.7. The fourth-order valence-corrected chi connectivity index (χ4v) is 14.8. The van der Waals surface area contributed by atoms with E-state index in [1.54, 1.807) is 162 Å². The average molecular weight is 2030 g/mol. The maximum Gasteiger partial charge on any atom is 0.407 e. The molecule has 0 aliphatic carbocycles. The number of hydrogen-bond acceptors (Lipinski definition) is 27. The van der Waals surface area contributed by atoms with Crippen LogP contribution in [0.15, 0.2) is 48.5 Å². The summed E-state index contributed by atoms with van der Waals surface area (Å²) in [5.74, 6) is -17.3. The van der Waals surface area contributed by atoms with Crippen molar-refractivity contribution in [1.29, 1.82) is 0 Å². The smallest absolute Gasteiger partial charge is 0.407 e. The average Bonchev–Trinajstić information content (AvgIpc) is 1.60. The molecule has 18 amide bonds. The summed E-state index contributed by atoms with van der Waals surface area (Å²) < 4.78 is 42.5. The van der Waals surface area contributed by atoms with Gasteiger partial charge in [-0.05, 0) is 231 Å². The first-order valence-electron chi connectivity index (χ1n) is 48.3. The number of anilines is 1. The molecule has 1 aromatic heterocycles. The lowest BCUT2D eigenvalue weighted by molar-refractivity contribution is -0.155. The van der Waals surface area contributed by atoms with Gasteiger partial charge < -0.3 is 129 Å². The number of carbonyl (C=O) groups excluding carboxylic acids is 19. The third kappa shape index (κ3) is 42.3. The highest BCUT2D eigenvalue weighted by Gasteiger charge is 2.44. The maximum absolute atomic E-state index is 15.5. The Labute approximate surface area is 839 Å². The number of aromatic amines is 1.